The van der Waals surface area contributed by atoms with E-state index in [2.05, 4.69) is 31.2 Å². The van der Waals surface area contributed by atoms with Gasteiger partial charge in [0.2, 0.25) is 0 Å². The van der Waals surface area contributed by atoms with E-state index in [1.165, 1.54) is 11.3 Å². The molecule has 4 nitrogen and oxygen atoms in total. The zero-order valence-corrected chi connectivity index (χ0v) is 13.9. The minimum absolute atomic E-state index is 0.106. The molecule has 2 aromatic heterocycles. The molecule has 0 atom stereocenters. The standard InChI is InChI=1S/C16H12BrN3OS/c17-13-5-3-11(4-6-13)16(21)19-9-15-20-14(10-22-15)12-2-1-7-18-8-12/h1-8,10H,9H2,(H,19,21). The van der Waals surface area contributed by atoms with Gasteiger partial charge in [-0.1, -0.05) is 15.9 Å². The number of nitrogens with zero attached hydrogens (tertiary/aromatic N) is 2. The van der Waals surface area contributed by atoms with Crippen molar-refractivity contribution in [3.8, 4) is 11.3 Å². The number of carbonyl (C=O) groups is 1. The van der Waals surface area contributed by atoms with E-state index in [9.17, 15) is 4.79 Å². The highest BCUT2D eigenvalue weighted by Crippen LogP contribution is 2.20. The number of rotatable bonds is 4. The van der Waals surface area contributed by atoms with Crippen LogP contribution in [0.15, 0.2) is 58.6 Å². The minimum atomic E-state index is -0.106. The van der Waals surface area contributed by atoms with Crippen molar-refractivity contribution in [1.82, 2.24) is 15.3 Å². The maximum absolute atomic E-state index is 12.0. The summed E-state index contributed by atoms with van der Waals surface area (Å²) in [6.45, 7) is 0.416. The monoisotopic (exact) mass is 373 g/mol. The Hall–Kier alpha value is -2.05. The van der Waals surface area contributed by atoms with Crippen molar-refractivity contribution in [3.63, 3.8) is 0 Å². The van der Waals surface area contributed by atoms with Gasteiger partial charge in [-0.25, -0.2) is 4.98 Å². The smallest absolute Gasteiger partial charge is 0.251 e. The fourth-order valence-corrected chi connectivity index (χ4v) is 2.91. The second-order valence-electron chi connectivity index (χ2n) is 4.56. The largest absolute Gasteiger partial charge is 0.346 e. The van der Waals surface area contributed by atoms with E-state index >= 15 is 0 Å². The van der Waals surface area contributed by atoms with Crippen molar-refractivity contribution in [1.29, 1.82) is 0 Å². The predicted octanol–water partition coefficient (Wildman–Crippen LogP) is 3.90. The summed E-state index contributed by atoms with van der Waals surface area (Å²) >= 11 is 4.87. The molecule has 0 saturated heterocycles. The van der Waals surface area contributed by atoms with Crippen molar-refractivity contribution in [2.45, 2.75) is 6.54 Å². The molecule has 0 bridgehead atoms. The molecule has 0 aliphatic rings. The molecule has 6 heteroatoms. The van der Waals surface area contributed by atoms with Crippen LogP contribution in [-0.2, 0) is 6.54 Å². The van der Waals surface area contributed by atoms with Crippen molar-refractivity contribution >= 4 is 33.2 Å². The van der Waals surface area contributed by atoms with E-state index in [0.29, 0.717) is 12.1 Å². The fourth-order valence-electron chi connectivity index (χ4n) is 1.90. The Bertz CT molecular complexity index is 772. The van der Waals surface area contributed by atoms with Crippen LogP contribution in [0.1, 0.15) is 15.4 Å². The normalized spacial score (nSPS) is 10.4. The van der Waals surface area contributed by atoms with Crippen LogP contribution in [0.4, 0.5) is 0 Å². The molecular weight excluding hydrogens is 362 g/mol. The van der Waals surface area contributed by atoms with Gasteiger partial charge in [-0.2, -0.15) is 0 Å². The van der Waals surface area contributed by atoms with Gasteiger partial charge in [-0.15, -0.1) is 11.3 Å². The number of hydrogen-bond donors (Lipinski definition) is 1. The molecule has 0 unspecified atom stereocenters. The summed E-state index contributed by atoms with van der Waals surface area (Å²) in [5.74, 6) is -0.106. The first kappa shape index (κ1) is 14.9. The fraction of sp³-hybridized carbons (Fsp3) is 0.0625. The number of carbonyl (C=O) groups excluding carboxylic acids is 1. The first-order valence-electron chi connectivity index (χ1n) is 6.61. The van der Waals surface area contributed by atoms with E-state index in [4.69, 9.17) is 0 Å². The third-order valence-corrected chi connectivity index (χ3v) is 4.39. The summed E-state index contributed by atoms with van der Waals surface area (Å²) in [7, 11) is 0. The van der Waals surface area contributed by atoms with Crippen LogP contribution in [0.2, 0.25) is 0 Å². The van der Waals surface area contributed by atoms with Gasteiger partial charge < -0.3 is 5.32 Å². The molecule has 0 radical (unpaired) electrons. The first-order valence-corrected chi connectivity index (χ1v) is 8.28. The molecule has 2 heterocycles. The van der Waals surface area contributed by atoms with Crippen molar-refractivity contribution in [3.05, 3.63) is 69.2 Å². The van der Waals surface area contributed by atoms with Crippen LogP contribution < -0.4 is 5.32 Å². The molecule has 0 aliphatic carbocycles. The average Bonchev–Trinajstić information content (AvgIpc) is 3.03. The van der Waals surface area contributed by atoms with Crippen LogP contribution >= 0.6 is 27.3 Å². The van der Waals surface area contributed by atoms with Gasteiger partial charge in [-0.05, 0) is 36.4 Å². The van der Waals surface area contributed by atoms with Crippen LogP contribution in [0.5, 0.6) is 0 Å². The van der Waals surface area contributed by atoms with E-state index < -0.39 is 0 Å². The highest BCUT2D eigenvalue weighted by atomic mass is 79.9. The molecule has 3 aromatic rings. The number of pyridine rings is 1. The number of thiazole rings is 1. The SMILES string of the molecule is O=C(NCc1nc(-c2cccnc2)cs1)c1ccc(Br)cc1. The summed E-state index contributed by atoms with van der Waals surface area (Å²) < 4.78 is 0.949. The highest BCUT2D eigenvalue weighted by Gasteiger charge is 2.08. The van der Waals surface area contributed by atoms with Crippen molar-refractivity contribution in [2.24, 2.45) is 0 Å². The molecule has 1 amide bonds. The van der Waals surface area contributed by atoms with E-state index in [1.54, 1.807) is 24.5 Å². The first-order chi connectivity index (χ1) is 10.7. The maximum Gasteiger partial charge on any atom is 0.251 e. The Morgan fingerprint density at radius 2 is 2.05 bits per heavy atom. The Labute approximate surface area is 140 Å². The van der Waals surface area contributed by atoms with Crippen molar-refractivity contribution < 1.29 is 4.79 Å². The van der Waals surface area contributed by atoms with Crippen LogP contribution in [0, 0.1) is 0 Å². The Morgan fingerprint density at radius 3 is 2.77 bits per heavy atom. The van der Waals surface area contributed by atoms with Gasteiger partial charge in [0.05, 0.1) is 12.2 Å². The third-order valence-electron chi connectivity index (χ3n) is 3.02. The zero-order valence-electron chi connectivity index (χ0n) is 11.5. The summed E-state index contributed by atoms with van der Waals surface area (Å²) in [6.07, 6.45) is 3.51. The van der Waals surface area contributed by atoms with Crippen LogP contribution in [0.25, 0.3) is 11.3 Å². The quantitative estimate of drug-likeness (QED) is 0.754. The number of nitrogens with one attached hydrogen (secondary N) is 1. The van der Waals surface area contributed by atoms with Gasteiger partial charge in [0.1, 0.15) is 5.01 Å². The number of aromatic nitrogens is 2. The molecule has 0 aliphatic heterocycles. The lowest BCUT2D eigenvalue weighted by molar-refractivity contribution is 0.0951. The summed E-state index contributed by atoms with van der Waals surface area (Å²) in [4.78, 5) is 20.6. The van der Waals surface area contributed by atoms with E-state index in [1.807, 2.05) is 29.6 Å². The number of halogens is 1. The lowest BCUT2D eigenvalue weighted by Crippen LogP contribution is -2.22. The molecule has 1 N–H and O–H groups in total. The minimum Gasteiger partial charge on any atom is -0.346 e. The second kappa shape index (κ2) is 6.81. The molecule has 3 rings (SSSR count). The zero-order chi connectivity index (χ0) is 15.4. The summed E-state index contributed by atoms with van der Waals surface area (Å²) in [6, 6.07) is 11.1. The number of amides is 1. The average molecular weight is 374 g/mol. The summed E-state index contributed by atoms with van der Waals surface area (Å²) in [5.41, 5.74) is 2.49. The molecule has 0 saturated carbocycles. The van der Waals surface area contributed by atoms with Crippen LogP contribution in [0.3, 0.4) is 0 Å². The Kier molecular flexibility index (Phi) is 4.60. The molecule has 22 heavy (non-hydrogen) atoms. The van der Waals surface area contributed by atoms with E-state index in [-0.39, 0.29) is 5.91 Å². The molecular formula is C16H12BrN3OS. The molecule has 1 aromatic carbocycles. The van der Waals surface area contributed by atoms with Crippen LogP contribution in [-0.4, -0.2) is 15.9 Å². The lowest BCUT2D eigenvalue weighted by atomic mass is 10.2. The third kappa shape index (κ3) is 3.58. The molecule has 0 fully saturated rings. The Morgan fingerprint density at radius 1 is 1.23 bits per heavy atom. The van der Waals surface area contributed by atoms with Gasteiger partial charge >= 0.3 is 0 Å². The highest BCUT2D eigenvalue weighted by molar-refractivity contribution is 9.10. The van der Waals surface area contributed by atoms with Gasteiger partial charge in [0.25, 0.3) is 5.91 Å². The maximum atomic E-state index is 12.0. The number of benzene rings is 1. The lowest BCUT2D eigenvalue weighted by Gasteiger charge is -2.03. The second-order valence-corrected chi connectivity index (χ2v) is 6.42. The number of hydrogen-bond acceptors (Lipinski definition) is 4. The van der Waals surface area contributed by atoms with Crippen molar-refractivity contribution in [2.75, 3.05) is 0 Å². The summed E-state index contributed by atoms with van der Waals surface area (Å²) in [5, 5.41) is 5.71. The van der Waals surface area contributed by atoms with Gasteiger partial charge in [-0.3, -0.25) is 9.78 Å². The Balaban J connectivity index is 1.64. The van der Waals surface area contributed by atoms with Gasteiger partial charge in [0.15, 0.2) is 0 Å². The molecule has 110 valence electrons. The molecule has 0 spiro atoms. The van der Waals surface area contributed by atoms with E-state index in [0.717, 1.165) is 20.7 Å². The van der Waals surface area contributed by atoms with Gasteiger partial charge in [0, 0.05) is 33.4 Å². The predicted molar refractivity (Wildman–Crippen MR) is 90.7 cm³/mol. The topological polar surface area (TPSA) is 54.9 Å².